The van der Waals surface area contributed by atoms with Gasteiger partial charge in [0.05, 0.1) is 12.1 Å². The Labute approximate surface area is 149 Å². The lowest BCUT2D eigenvalue weighted by molar-refractivity contribution is 0.422. The number of anilines is 1. The van der Waals surface area contributed by atoms with Crippen molar-refractivity contribution in [1.29, 1.82) is 0 Å². The van der Waals surface area contributed by atoms with Crippen molar-refractivity contribution in [2.24, 2.45) is 0 Å². The summed E-state index contributed by atoms with van der Waals surface area (Å²) in [5, 5.41) is 15.7. The topological polar surface area (TPSA) is 55.6 Å². The molecule has 4 rings (SSSR count). The number of benzene rings is 2. The molecule has 0 radical (unpaired) electrons. The van der Waals surface area contributed by atoms with Crippen LogP contribution in [0, 0.1) is 13.8 Å². The van der Waals surface area contributed by atoms with E-state index in [-0.39, 0.29) is 12.1 Å². The van der Waals surface area contributed by atoms with E-state index in [1.54, 1.807) is 0 Å². The van der Waals surface area contributed by atoms with Gasteiger partial charge in [-0.25, -0.2) is 4.68 Å². The molecule has 1 aromatic heterocycles. The maximum atomic E-state index is 4.21. The Kier molecular flexibility index (Phi) is 3.84. The number of fused-ring (bicyclic) bond motifs is 1. The SMILES string of the molecule is Cc1ccc([C@H]2C[C@H](c3ccc(Br)cc3)Nc3nnnn32)c(C)c1. The number of rotatable bonds is 2. The number of halogens is 1. The summed E-state index contributed by atoms with van der Waals surface area (Å²) in [5.41, 5.74) is 5.06. The number of hydrogen-bond acceptors (Lipinski definition) is 4. The fourth-order valence-electron chi connectivity index (χ4n) is 3.41. The van der Waals surface area contributed by atoms with Gasteiger partial charge in [0.1, 0.15) is 0 Å². The first-order valence-electron chi connectivity index (χ1n) is 7.99. The Morgan fingerprint density at radius 3 is 2.67 bits per heavy atom. The highest BCUT2D eigenvalue weighted by molar-refractivity contribution is 9.10. The summed E-state index contributed by atoms with van der Waals surface area (Å²) in [6.45, 7) is 4.27. The maximum Gasteiger partial charge on any atom is 0.243 e. The van der Waals surface area contributed by atoms with Gasteiger partial charge in [-0.3, -0.25) is 0 Å². The van der Waals surface area contributed by atoms with Gasteiger partial charge in [0.25, 0.3) is 0 Å². The molecule has 2 heterocycles. The minimum absolute atomic E-state index is 0.130. The van der Waals surface area contributed by atoms with Gasteiger partial charge in [0.15, 0.2) is 0 Å². The fourth-order valence-corrected chi connectivity index (χ4v) is 3.67. The van der Waals surface area contributed by atoms with Gasteiger partial charge in [0, 0.05) is 4.47 Å². The average molecular weight is 384 g/mol. The summed E-state index contributed by atoms with van der Waals surface area (Å²) in [4.78, 5) is 0. The van der Waals surface area contributed by atoms with Gasteiger partial charge < -0.3 is 5.32 Å². The summed E-state index contributed by atoms with van der Waals surface area (Å²) >= 11 is 3.50. The van der Waals surface area contributed by atoms with E-state index in [1.807, 2.05) is 4.68 Å². The molecule has 122 valence electrons. The Bertz CT molecular complexity index is 871. The van der Waals surface area contributed by atoms with Crippen molar-refractivity contribution in [2.75, 3.05) is 5.32 Å². The molecule has 24 heavy (non-hydrogen) atoms. The first-order chi connectivity index (χ1) is 11.6. The zero-order valence-corrected chi connectivity index (χ0v) is 15.2. The van der Waals surface area contributed by atoms with Crippen LogP contribution in [0.25, 0.3) is 0 Å². The molecule has 0 spiro atoms. The third kappa shape index (κ3) is 2.71. The van der Waals surface area contributed by atoms with Crippen LogP contribution in [-0.2, 0) is 0 Å². The lowest BCUT2D eigenvalue weighted by Gasteiger charge is -2.31. The molecule has 3 aromatic rings. The summed E-state index contributed by atoms with van der Waals surface area (Å²) in [6.07, 6.45) is 0.906. The zero-order valence-electron chi connectivity index (χ0n) is 13.6. The van der Waals surface area contributed by atoms with E-state index in [9.17, 15) is 0 Å². The van der Waals surface area contributed by atoms with Crippen molar-refractivity contribution >= 4 is 21.9 Å². The number of aromatic nitrogens is 4. The lowest BCUT2D eigenvalue weighted by Crippen LogP contribution is -2.28. The number of nitrogens with one attached hydrogen (secondary N) is 1. The molecule has 0 fully saturated rings. The Hall–Kier alpha value is -2.21. The summed E-state index contributed by atoms with van der Waals surface area (Å²) < 4.78 is 2.98. The molecular weight excluding hydrogens is 366 g/mol. The minimum atomic E-state index is 0.130. The number of tetrazole rings is 1. The highest BCUT2D eigenvalue weighted by Crippen LogP contribution is 2.38. The van der Waals surface area contributed by atoms with Crippen LogP contribution in [0.2, 0.25) is 0 Å². The Morgan fingerprint density at radius 1 is 1.12 bits per heavy atom. The molecule has 1 aliphatic heterocycles. The highest BCUT2D eigenvalue weighted by Gasteiger charge is 2.31. The summed E-state index contributed by atoms with van der Waals surface area (Å²) in [5.74, 6) is 0.721. The van der Waals surface area contributed by atoms with Crippen molar-refractivity contribution in [3.63, 3.8) is 0 Å². The number of hydrogen-bond donors (Lipinski definition) is 1. The fraction of sp³-hybridized carbons (Fsp3) is 0.278. The first kappa shape index (κ1) is 15.3. The van der Waals surface area contributed by atoms with E-state index in [0.29, 0.717) is 0 Å². The maximum absolute atomic E-state index is 4.21. The number of nitrogens with zero attached hydrogens (tertiary/aromatic N) is 4. The zero-order chi connectivity index (χ0) is 16.7. The van der Waals surface area contributed by atoms with Crippen molar-refractivity contribution in [1.82, 2.24) is 20.2 Å². The van der Waals surface area contributed by atoms with Crippen LogP contribution < -0.4 is 5.32 Å². The Balaban J connectivity index is 1.75. The molecule has 0 aliphatic carbocycles. The van der Waals surface area contributed by atoms with E-state index in [4.69, 9.17) is 0 Å². The lowest BCUT2D eigenvalue weighted by atomic mass is 9.90. The van der Waals surface area contributed by atoms with Crippen LogP contribution in [0.15, 0.2) is 46.9 Å². The van der Waals surface area contributed by atoms with Gasteiger partial charge in [-0.2, -0.15) is 0 Å². The largest absolute Gasteiger partial charge is 0.346 e. The van der Waals surface area contributed by atoms with Crippen LogP contribution in [-0.4, -0.2) is 20.2 Å². The normalized spacial score (nSPS) is 19.6. The van der Waals surface area contributed by atoms with Gasteiger partial charge >= 0.3 is 0 Å². The second-order valence-corrected chi connectivity index (χ2v) is 7.22. The van der Waals surface area contributed by atoms with E-state index in [2.05, 4.69) is 93.1 Å². The van der Waals surface area contributed by atoms with Crippen LogP contribution >= 0.6 is 15.9 Å². The molecule has 0 saturated heterocycles. The summed E-state index contributed by atoms with van der Waals surface area (Å²) in [6, 6.07) is 15.3. The molecule has 0 unspecified atom stereocenters. The van der Waals surface area contributed by atoms with E-state index >= 15 is 0 Å². The van der Waals surface area contributed by atoms with E-state index in [1.165, 1.54) is 22.3 Å². The molecule has 1 N–H and O–H groups in total. The molecule has 2 aromatic carbocycles. The molecule has 5 nitrogen and oxygen atoms in total. The van der Waals surface area contributed by atoms with Crippen LogP contribution in [0.1, 0.15) is 40.8 Å². The van der Waals surface area contributed by atoms with Crippen LogP contribution in [0.4, 0.5) is 5.95 Å². The monoisotopic (exact) mass is 383 g/mol. The first-order valence-corrected chi connectivity index (χ1v) is 8.78. The van der Waals surface area contributed by atoms with Crippen molar-refractivity contribution in [3.05, 3.63) is 69.2 Å². The average Bonchev–Trinajstić information content (AvgIpc) is 3.03. The molecule has 0 bridgehead atoms. The third-order valence-corrected chi connectivity index (χ3v) is 5.14. The molecule has 0 amide bonds. The second kappa shape index (κ2) is 6.02. The van der Waals surface area contributed by atoms with Crippen LogP contribution in [0.3, 0.4) is 0 Å². The van der Waals surface area contributed by atoms with E-state index < -0.39 is 0 Å². The molecular formula is C18H18BrN5. The second-order valence-electron chi connectivity index (χ2n) is 6.31. The van der Waals surface area contributed by atoms with Gasteiger partial charge in [-0.05, 0) is 59.5 Å². The Morgan fingerprint density at radius 2 is 1.92 bits per heavy atom. The highest BCUT2D eigenvalue weighted by atomic mass is 79.9. The van der Waals surface area contributed by atoms with Crippen molar-refractivity contribution < 1.29 is 0 Å². The molecule has 0 saturated carbocycles. The third-order valence-electron chi connectivity index (χ3n) is 4.61. The van der Waals surface area contributed by atoms with Gasteiger partial charge in [-0.1, -0.05) is 56.9 Å². The smallest absolute Gasteiger partial charge is 0.243 e. The standard InChI is InChI=1S/C18H18BrN5/c1-11-3-8-15(12(2)9-11)17-10-16(13-4-6-14(19)7-5-13)20-18-21-22-23-24(17)18/h3-9,16-17H,10H2,1-2H3,(H,20,21,23)/t16-,17-/m1/s1. The predicted octanol–water partition coefficient (Wildman–Crippen LogP) is 4.20. The van der Waals surface area contributed by atoms with Crippen molar-refractivity contribution in [2.45, 2.75) is 32.4 Å². The van der Waals surface area contributed by atoms with Gasteiger partial charge in [0.2, 0.25) is 5.95 Å². The predicted molar refractivity (Wildman–Crippen MR) is 97.0 cm³/mol. The summed E-state index contributed by atoms with van der Waals surface area (Å²) in [7, 11) is 0. The molecule has 6 heteroatoms. The van der Waals surface area contributed by atoms with Gasteiger partial charge in [-0.15, -0.1) is 0 Å². The molecule has 2 atom stereocenters. The van der Waals surface area contributed by atoms with E-state index in [0.717, 1.165) is 16.8 Å². The molecule has 1 aliphatic rings. The quantitative estimate of drug-likeness (QED) is 0.720. The van der Waals surface area contributed by atoms with Crippen molar-refractivity contribution in [3.8, 4) is 0 Å². The minimum Gasteiger partial charge on any atom is -0.346 e. The van der Waals surface area contributed by atoms with Crippen LogP contribution in [0.5, 0.6) is 0 Å². The number of aryl methyl sites for hydroxylation is 2.